The van der Waals surface area contributed by atoms with Gasteiger partial charge >= 0.3 is 6.18 Å². The summed E-state index contributed by atoms with van der Waals surface area (Å²) in [5.41, 5.74) is 4.01. The lowest BCUT2D eigenvalue weighted by Crippen LogP contribution is -2.24. The van der Waals surface area contributed by atoms with Crippen LogP contribution in [0.25, 0.3) is 11.3 Å². The second kappa shape index (κ2) is 8.86. The summed E-state index contributed by atoms with van der Waals surface area (Å²) >= 11 is 0. The molecule has 0 saturated carbocycles. The van der Waals surface area contributed by atoms with Crippen molar-refractivity contribution in [2.24, 2.45) is 5.10 Å². The Labute approximate surface area is 171 Å². The lowest BCUT2D eigenvalue weighted by molar-refractivity contribution is -0.137. The Hall–Kier alpha value is -3.55. The van der Waals surface area contributed by atoms with Crippen LogP contribution in [0.15, 0.2) is 64.1 Å². The van der Waals surface area contributed by atoms with E-state index in [-0.39, 0.29) is 23.7 Å². The smallest absolute Gasteiger partial charge is 0.416 e. The van der Waals surface area contributed by atoms with Gasteiger partial charge in [0.05, 0.1) is 11.8 Å². The molecule has 0 radical (unpaired) electrons. The van der Waals surface area contributed by atoms with Gasteiger partial charge in [0.2, 0.25) is 0 Å². The number of hydrogen-bond donors (Lipinski definition) is 1. The van der Waals surface area contributed by atoms with Gasteiger partial charge in [-0.3, -0.25) is 4.79 Å². The number of aryl methyl sites for hydroxylation is 2. The van der Waals surface area contributed by atoms with Crippen LogP contribution in [0.4, 0.5) is 13.2 Å². The number of benzene rings is 2. The Morgan fingerprint density at radius 1 is 1.10 bits per heavy atom. The van der Waals surface area contributed by atoms with Gasteiger partial charge in [-0.15, -0.1) is 0 Å². The molecule has 0 saturated heterocycles. The van der Waals surface area contributed by atoms with Gasteiger partial charge < -0.3 is 9.15 Å². The Morgan fingerprint density at radius 2 is 1.90 bits per heavy atom. The van der Waals surface area contributed by atoms with Crippen molar-refractivity contribution in [2.45, 2.75) is 20.0 Å². The van der Waals surface area contributed by atoms with Crippen LogP contribution in [-0.2, 0) is 11.0 Å². The summed E-state index contributed by atoms with van der Waals surface area (Å²) in [6.07, 6.45) is -3.18. The van der Waals surface area contributed by atoms with Gasteiger partial charge in [-0.2, -0.15) is 18.3 Å². The molecule has 0 spiro atoms. The fourth-order valence-electron chi connectivity index (χ4n) is 2.58. The number of hydrogen-bond acceptors (Lipinski definition) is 4. The molecule has 30 heavy (non-hydrogen) atoms. The number of ether oxygens (including phenoxy) is 1. The summed E-state index contributed by atoms with van der Waals surface area (Å²) < 4.78 is 49.4. The standard InChI is InChI=1S/C22H19F3N2O3/c1-14-6-7-18(10-15(14)2)29-13-21(28)27-26-12-19-8-9-20(30-19)16-4-3-5-17(11-16)22(23,24)25/h3-12H,13H2,1-2H3,(H,27,28). The van der Waals surface area contributed by atoms with Gasteiger partial charge in [0, 0.05) is 5.56 Å². The lowest BCUT2D eigenvalue weighted by Gasteiger charge is -2.07. The molecule has 0 bridgehead atoms. The number of rotatable bonds is 6. The van der Waals surface area contributed by atoms with E-state index in [4.69, 9.17) is 9.15 Å². The van der Waals surface area contributed by atoms with Crippen LogP contribution < -0.4 is 10.2 Å². The predicted molar refractivity (Wildman–Crippen MR) is 106 cm³/mol. The quantitative estimate of drug-likeness (QED) is 0.449. The van der Waals surface area contributed by atoms with E-state index in [1.54, 1.807) is 6.07 Å². The molecule has 5 nitrogen and oxygen atoms in total. The molecular weight excluding hydrogens is 397 g/mol. The van der Waals surface area contributed by atoms with Crippen molar-refractivity contribution in [1.29, 1.82) is 0 Å². The molecule has 2 aromatic carbocycles. The summed E-state index contributed by atoms with van der Waals surface area (Å²) in [4.78, 5) is 11.8. The maximum Gasteiger partial charge on any atom is 0.416 e. The third-order valence-corrected chi connectivity index (χ3v) is 4.33. The molecule has 156 valence electrons. The molecule has 3 rings (SSSR count). The number of hydrazone groups is 1. The lowest BCUT2D eigenvalue weighted by atomic mass is 10.1. The Kier molecular flexibility index (Phi) is 6.25. The molecule has 0 aliphatic carbocycles. The van der Waals surface area contributed by atoms with E-state index in [2.05, 4.69) is 10.5 Å². The summed E-state index contributed by atoms with van der Waals surface area (Å²) in [6, 6.07) is 13.4. The average Bonchev–Trinajstić information content (AvgIpc) is 3.17. The van der Waals surface area contributed by atoms with Crippen molar-refractivity contribution in [1.82, 2.24) is 5.43 Å². The van der Waals surface area contributed by atoms with Gasteiger partial charge in [0.1, 0.15) is 17.3 Å². The number of carbonyl (C=O) groups is 1. The third kappa shape index (κ3) is 5.50. The average molecular weight is 416 g/mol. The second-order valence-electron chi connectivity index (χ2n) is 6.61. The molecule has 1 heterocycles. The van der Waals surface area contributed by atoms with E-state index in [0.717, 1.165) is 23.3 Å². The van der Waals surface area contributed by atoms with Gasteiger partial charge in [0.25, 0.3) is 5.91 Å². The molecule has 1 N–H and O–H groups in total. The van der Waals surface area contributed by atoms with Crippen molar-refractivity contribution in [3.63, 3.8) is 0 Å². The monoisotopic (exact) mass is 416 g/mol. The van der Waals surface area contributed by atoms with Crippen LogP contribution in [0.2, 0.25) is 0 Å². The Morgan fingerprint density at radius 3 is 2.63 bits per heavy atom. The molecule has 0 unspecified atom stereocenters. The van der Waals surface area contributed by atoms with Gasteiger partial charge in [-0.25, -0.2) is 5.43 Å². The van der Waals surface area contributed by atoms with Crippen molar-refractivity contribution < 1.29 is 27.1 Å². The van der Waals surface area contributed by atoms with Gasteiger partial charge in [-0.1, -0.05) is 18.2 Å². The molecule has 8 heteroatoms. The van der Waals surface area contributed by atoms with E-state index in [1.165, 1.54) is 30.5 Å². The zero-order valence-electron chi connectivity index (χ0n) is 16.3. The van der Waals surface area contributed by atoms with E-state index >= 15 is 0 Å². The molecule has 0 aliphatic rings. The largest absolute Gasteiger partial charge is 0.484 e. The van der Waals surface area contributed by atoms with E-state index < -0.39 is 17.6 Å². The second-order valence-corrected chi connectivity index (χ2v) is 6.61. The normalized spacial score (nSPS) is 11.6. The van der Waals surface area contributed by atoms with Crippen LogP contribution in [-0.4, -0.2) is 18.7 Å². The highest BCUT2D eigenvalue weighted by atomic mass is 19.4. The van der Waals surface area contributed by atoms with Crippen LogP contribution in [0.1, 0.15) is 22.5 Å². The fourth-order valence-corrected chi connectivity index (χ4v) is 2.58. The highest BCUT2D eigenvalue weighted by Gasteiger charge is 2.30. The van der Waals surface area contributed by atoms with E-state index in [9.17, 15) is 18.0 Å². The van der Waals surface area contributed by atoms with Crippen LogP contribution >= 0.6 is 0 Å². The molecule has 1 amide bonds. The number of carbonyl (C=O) groups excluding carboxylic acids is 1. The number of halogens is 3. The number of alkyl halides is 3. The number of furan rings is 1. The van der Waals surface area contributed by atoms with Crippen molar-refractivity contribution >= 4 is 12.1 Å². The minimum absolute atomic E-state index is 0.215. The maximum absolute atomic E-state index is 12.8. The first kappa shape index (κ1) is 21.2. The Bertz CT molecular complexity index is 1070. The third-order valence-electron chi connectivity index (χ3n) is 4.33. The molecule has 3 aromatic rings. The molecule has 0 atom stereocenters. The van der Waals surface area contributed by atoms with Crippen molar-refractivity contribution in [3.05, 3.63) is 77.0 Å². The van der Waals surface area contributed by atoms with Gasteiger partial charge in [0.15, 0.2) is 6.61 Å². The number of nitrogens with one attached hydrogen (secondary N) is 1. The highest BCUT2D eigenvalue weighted by molar-refractivity contribution is 5.81. The first-order valence-electron chi connectivity index (χ1n) is 9.02. The summed E-state index contributed by atoms with van der Waals surface area (Å²) in [5, 5.41) is 3.77. The van der Waals surface area contributed by atoms with E-state index in [1.807, 2.05) is 26.0 Å². The maximum atomic E-state index is 12.8. The number of amides is 1. The minimum atomic E-state index is -4.43. The molecule has 1 aromatic heterocycles. The minimum Gasteiger partial charge on any atom is -0.484 e. The molecule has 0 fully saturated rings. The van der Waals surface area contributed by atoms with Crippen LogP contribution in [0, 0.1) is 13.8 Å². The first-order valence-corrected chi connectivity index (χ1v) is 9.02. The van der Waals surface area contributed by atoms with E-state index in [0.29, 0.717) is 5.75 Å². The molecular formula is C22H19F3N2O3. The zero-order chi connectivity index (χ0) is 21.7. The van der Waals surface area contributed by atoms with Crippen LogP contribution in [0.5, 0.6) is 5.75 Å². The summed E-state index contributed by atoms with van der Waals surface area (Å²) in [6.45, 7) is 3.71. The molecule has 0 aliphatic heterocycles. The summed E-state index contributed by atoms with van der Waals surface area (Å²) in [5.74, 6) is 0.646. The fraction of sp³-hybridized carbons (Fsp3) is 0.182. The Balaban J connectivity index is 1.55. The van der Waals surface area contributed by atoms with Crippen LogP contribution in [0.3, 0.4) is 0 Å². The SMILES string of the molecule is Cc1ccc(OCC(=O)NN=Cc2ccc(-c3cccc(C(F)(F)F)c3)o2)cc1C. The summed E-state index contributed by atoms with van der Waals surface area (Å²) in [7, 11) is 0. The van der Waals surface area contributed by atoms with Crippen molar-refractivity contribution in [3.8, 4) is 17.1 Å². The zero-order valence-corrected chi connectivity index (χ0v) is 16.3. The first-order chi connectivity index (χ1) is 14.2. The highest BCUT2D eigenvalue weighted by Crippen LogP contribution is 2.32. The number of nitrogens with zero attached hydrogens (tertiary/aromatic N) is 1. The van der Waals surface area contributed by atoms with Gasteiger partial charge in [-0.05, 0) is 61.4 Å². The predicted octanol–water partition coefficient (Wildman–Crippen LogP) is 5.11. The van der Waals surface area contributed by atoms with Crippen molar-refractivity contribution in [2.75, 3.05) is 6.61 Å². The topological polar surface area (TPSA) is 63.8 Å².